The average molecular weight is 404 g/mol. The Bertz CT molecular complexity index is 1200. The second kappa shape index (κ2) is 7.97. The number of carboxylic acid groups (broad SMARTS) is 1. The smallest absolute Gasteiger partial charge is 0.349 e. The molecular weight excluding hydrogens is 390 g/mol. The first-order valence-electron chi connectivity index (χ1n) is 7.91. The summed E-state index contributed by atoms with van der Waals surface area (Å²) >= 11 is 6.04. The molecule has 0 aliphatic heterocycles. The van der Waals surface area contributed by atoms with Crippen LogP contribution >= 0.6 is 11.6 Å². The SMILES string of the molecule is COc1cc(Cl)cc(C=Nn2c(=O)[nH]c3ccccc3c2=O)c1OCC(=O)O. The Balaban J connectivity index is 2.11. The van der Waals surface area contributed by atoms with E-state index in [2.05, 4.69) is 10.1 Å². The van der Waals surface area contributed by atoms with Crippen molar-refractivity contribution < 1.29 is 19.4 Å². The van der Waals surface area contributed by atoms with Gasteiger partial charge >= 0.3 is 11.7 Å². The number of H-pyrrole nitrogens is 1. The molecule has 0 fully saturated rings. The number of rotatable bonds is 6. The molecule has 3 aromatic rings. The number of hydrogen-bond donors (Lipinski definition) is 2. The van der Waals surface area contributed by atoms with E-state index in [-0.39, 0.29) is 27.5 Å². The molecule has 0 atom stereocenters. The third-order valence-electron chi connectivity index (χ3n) is 3.70. The van der Waals surface area contributed by atoms with Crippen molar-refractivity contribution in [2.24, 2.45) is 5.10 Å². The highest BCUT2D eigenvalue weighted by atomic mass is 35.5. The molecule has 0 spiro atoms. The van der Waals surface area contributed by atoms with Crippen LogP contribution in [0.3, 0.4) is 0 Å². The van der Waals surface area contributed by atoms with Gasteiger partial charge in [-0.2, -0.15) is 5.10 Å². The molecule has 144 valence electrons. The zero-order valence-corrected chi connectivity index (χ0v) is 15.3. The number of nitrogens with one attached hydrogen (secondary N) is 1. The van der Waals surface area contributed by atoms with Gasteiger partial charge in [0.1, 0.15) is 0 Å². The number of para-hydroxylation sites is 1. The van der Waals surface area contributed by atoms with E-state index in [1.165, 1.54) is 19.2 Å². The molecule has 2 N–H and O–H groups in total. The summed E-state index contributed by atoms with van der Waals surface area (Å²) < 4.78 is 11.1. The minimum atomic E-state index is -1.19. The minimum Gasteiger partial charge on any atom is -0.493 e. The number of aromatic nitrogens is 2. The predicted molar refractivity (Wildman–Crippen MR) is 103 cm³/mol. The summed E-state index contributed by atoms with van der Waals surface area (Å²) in [7, 11) is 1.36. The molecule has 10 heteroatoms. The van der Waals surface area contributed by atoms with Crippen LogP contribution in [0.2, 0.25) is 5.02 Å². The summed E-state index contributed by atoms with van der Waals surface area (Å²) in [4.78, 5) is 38.1. The molecule has 3 rings (SSSR count). The largest absolute Gasteiger partial charge is 0.493 e. The molecule has 28 heavy (non-hydrogen) atoms. The second-order valence-electron chi connectivity index (χ2n) is 5.55. The van der Waals surface area contributed by atoms with E-state index in [1.807, 2.05) is 0 Å². The highest BCUT2D eigenvalue weighted by Gasteiger charge is 2.14. The lowest BCUT2D eigenvalue weighted by molar-refractivity contribution is -0.139. The molecule has 1 aromatic heterocycles. The molecule has 0 saturated heterocycles. The first-order valence-corrected chi connectivity index (χ1v) is 8.29. The zero-order valence-electron chi connectivity index (χ0n) is 14.5. The maximum Gasteiger partial charge on any atom is 0.349 e. The van der Waals surface area contributed by atoms with Crippen molar-refractivity contribution in [2.75, 3.05) is 13.7 Å². The minimum absolute atomic E-state index is 0.0586. The molecule has 0 aliphatic rings. The van der Waals surface area contributed by atoms with Gasteiger partial charge in [-0.05, 0) is 18.2 Å². The van der Waals surface area contributed by atoms with Gasteiger partial charge in [-0.25, -0.2) is 9.59 Å². The van der Waals surface area contributed by atoms with Crippen LogP contribution < -0.4 is 20.7 Å². The van der Waals surface area contributed by atoms with E-state index in [9.17, 15) is 14.4 Å². The van der Waals surface area contributed by atoms with Gasteiger partial charge < -0.3 is 19.6 Å². The van der Waals surface area contributed by atoms with Crippen LogP contribution in [0.4, 0.5) is 0 Å². The number of nitrogens with zero attached hydrogens (tertiary/aromatic N) is 2. The Morgan fingerprint density at radius 2 is 2.07 bits per heavy atom. The predicted octanol–water partition coefficient (Wildman–Crippen LogP) is 1.70. The molecule has 0 radical (unpaired) electrons. The van der Waals surface area contributed by atoms with E-state index in [1.54, 1.807) is 24.3 Å². The Hall–Kier alpha value is -3.59. The fourth-order valence-corrected chi connectivity index (χ4v) is 2.72. The highest BCUT2D eigenvalue weighted by Crippen LogP contribution is 2.33. The monoisotopic (exact) mass is 403 g/mol. The van der Waals surface area contributed by atoms with Gasteiger partial charge in [-0.1, -0.05) is 23.7 Å². The van der Waals surface area contributed by atoms with Crippen LogP contribution in [0.15, 0.2) is 51.1 Å². The van der Waals surface area contributed by atoms with Crippen LogP contribution in [-0.2, 0) is 4.79 Å². The Morgan fingerprint density at radius 1 is 1.32 bits per heavy atom. The Labute approximate surface area is 162 Å². The normalized spacial score (nSPS) is 11.1. The van der Waals surface area contributed by atoms with Crippen molar-refractivity contribution in [3.05, 3.63) is 67.8 Å². The molecule has 0 bridgehead atoms. The molecular formula is C18H14ClN3O6. The van der Waals surface area contributed by atoms with Crippen LogP contribution in [0.1, 0.15) is 5.56 Å². The summed E-state index contributed by atoms with van der Waals surface area (Å²) in [6.07, 6.45) is 1.16. The highest BCUT2D eigenvalue weighted by molar-refractivity contribution is 6.31. The van der Waals surface area contributed by atoms with E-state index in [0.29, 0.717) is 10.2 Å². The van der Waals surface area contributed by atoms with E-state index < -0.39 is 23.8 Å². The summed E-state index contributed by atoms with van der Waals surface area (Å²) in [5, 5.41) is 13.3. The molecule has 0 saturated carbocycles. The van der Waals surface area contributed by atoms with Crippen molar-refractivity contribution >= 4 is 34.7 Å². The van der Waals surface area contributed by atoms with Crippen molar-refractivity contribution in [1.82, 2.24) is 9.66 Å². The van der Waals surface area contributed by atoms with Crippen LogP contribution in [-0.4, -0.2) is 40.7 Å². The maximum atomic E-state index is 12.5. The van der Waals surface area contributed by atoms with Crippen molar-refractivity contribution in [1.29, 1.82) is 0 Å². The molecule has 0 aliphatic carbocycles. The van der Waals surface area contributed by atoms with E-state index in [4.69, 9.17) is 26.2 Å². The second-order valence-corrected chi connectivity index (χ2v) is 5.98. The maximum absolute atomic E-state index is 12.5. The number of fused-ring (bicyclic) bond motifs is 1. The molecule has 0 unspecified atom stereocenters. The Kier molecular flexibility index (Phi) is 5.46. The topological polar surface area (TPSA) is 123 Å². The molecule has 1 heterocycles. The molecule has 0 amide bonds. The number of aliphatic carboxylic acids is 1. The number of carbonyl (C=O) groups is 1. The number of halogens is 1. The zero-order chi connectivity index (χ0) is 20.3. The average Bonchev–Trinajstić information content (AvgIpc) is 2.66. The molecule has 2 aromatic carbocycles. The Morgan fingerprint density at radius 3 is 2.79 bits per heavy atom. The number of carboxylic acids is 1. The van der Waals surface area contributed by atoms with Gasteiger partial charge in [-0.3, -0.25) is 4.79 Å². The quantitative estimate of drug-likeness (QED) is 0.604. The number of methoxy groups -OCH3 is 1. The van der Waals surface area contributed by atoms with Crippen molar-refractivity contribution in [3.63, 3.8) is 0 Å². The number of ether oxygens (including phenoxy) is 2. The van der Waals surface area contributed by atoms with Crippen LogP contribution in [0.25, 0.3) is 10.9 Å². The van der Waals surface area contributed by atoms with Crippen LogP contribution in [0.5, 0.6) is 11.5 Å². The van der Waals surface area contributed by atoms with Gasteiger partial charge in [0.25, 0.3) is 5.56 Å². The molecule has 9 nitrogen and oxygen atoms in total. The van der Waals surface area contributed by atoms with Crippen molar-refractivity contribution in [3.8, 4) is 11.5 Å². The summed E-state index contributed by atoms with van der Waals surface area (Å²) in [5.74, 6) is -0.958. The third kappa shape index (κ3) is 3.89. The van der Waals surface area contributed by atoms with Gasteiger partial charge in [0, 0.05) is 16.7 Å². The third-order valence-corrected chi connectivity index (χ3v) is 3.92. The fraction of sp³-hybridized carbons (Fsp3) is 0.111. The first kappa shape index (κ1) is 19.2. The van der Waals surface area contributed by atoms with Gasteiger partial charge in [0.15, 0.2) is 18.1 Å². The first-order chi connectivity index (χ1) is 13.4. The lowest BCUT2D eigenvalue weighted by Crippen LogP contribution is -2.32. The number of hydrogen-bond acceptors (Lipinski definition) is 6. The fourth-order valence-electron chi connectivity index (χ4n) is 2.50. The lowest BCUT2D eigenvalue weighted by Gasteiger charge is -2.12. The van der Waals surface area contributed by atoms with Gasteiger partial charge in [-0.15, -0.1) is 4.68 Å². The van der Waals surface area contributed by atoms with Crippen LogP contribution in [0, 0.1) is 0 Å². The van der Waals surface area contributed by atoms with Gasteiger partial charge in [0.2, 0.25) is 0 Å². The number of aromatic amines is 1. The summed E-state index contributed by atoms with van der Waals surface area (Å²) in [6, 6.07) is 9.39. The summed E-state index contributed by atoms with van der Waals surface area (Å²) in [5.41, 5.74) is -0.733. The summed E-state index contributed by atoms with van der Waals surface area (Å²) in [6.45, 7) is -0.630. The van der Waals surface area contributed by atoms with E-state index >= 15 is 0 Å². The number of benzene rings is 2. The van der Waals surface area contributed by atoms with Crippen molar-refractivity contribution in [2.45, 2.75) is 0 Å². The standard InChI is InChI=1S/C18H14ClN3O6/c1-27-14-7-11(19)6-10(16(14)28-9-15(23)24)8-20-22-17(25)12-4-2-3-5-13(12)21-18(22)26/h2-8H,9H2,1H3,(H,21,26)(H,23,24). The van der Waals surface area contributed by atoms with Gasteiger partial charge in [0.05, 0.1) is 24.2 Å². The lowest BCUT2D eigenvalue weighted by atomic mass is 10.2. The van der Waals surface area contributed by atoms with E-state index in [0.717, 1.165) is 6.21 Å².